The number of carboxylic acids is 1. The summed E-state index contributed by atoms with van der Waals surface area (Å²) in [6.45, 7) is 0.154. The van der Waals surface area contributed by atoms with Crippen LogP contribution >= 0.6 is 0 Å². The summed E-state index contributed by atoms with van der Waals surface area (Å²) >= 11 is 0. The first kappa shape index (κ1) is 31.9. The van der Waals surface area contributed by atoms with Crippen LogP contribution < -0.4 is 24.3 Å². The topological polar surface area (TPSA) is 149 Å². The molecule has 4 heterocycles. The molecule has 2 aliphatic heterocycles. The van der Waals surface area contributed by atoms with E-state index in [1.807, 2.05) is 30.3 Å². The van der Waals surface area contributed by atoms with Crippen molar-refractivity contribution in [2.24, 2.45) is 0 Å². The molecule has 1 saturated carbocycles. The lowest BCUT2D eigenvalue weighted by atomic mass is 9.95. The molecule has 2 amide bonds. The number of hydrogen-bond donors (Lipinski definition) is 2. The maximum absolute atomic E-state index is 14.1. The molecule has 0 unspecified atom stereocenters. The van der Waals surface area contributed by atoms with Crippen LogP contribution in [0.2, 0.25) is 0 Å². The van der Waals surface area contributed by atoms with E-state index in [0.29, 0.717) is 65.5 Å². The zero-order valence-electron chi connectivity index (χ0n) is 27.8. The van der Waals surface area contributed by atoms with Gasteiger partial charge in [-0.2, -0.15) is 0 Å². The Morgan fingerprint density at radius 1 is 0.920 bits per heavy atom. The molecule has 0 spiro atoms. The number of likely N-dealkylation sites (tertiary alicyclic amines) is 1. The summed E-state index contributed by atoms with van der Waals surface area (Å²) in [5.41, 5.74) is 3.35. The molecule has 2 aliphatic carbocycles. The van der Waals surface area contributed by atoms with Crippen LogP contribution in [0.1, 0.15) is 66.6 Å². The van der Waals surface area contributed by atoms with Crippen molar-refractivity contribution in [2.45, 2.75) is 75.5 Å². The number of nitrogens with one attached hydrogen (secondary N) is 1. The molecule has 2 N–H and O–H groups in total. The largest absolute Gasteiger partial charge is 0.497 e. The second kappa shape index (κ2) is 12.8. The van der Waals surface area contributed by atoms with Crippen LogP contribution in [0.3, 0.4) is 0 Å². The number of aliphatic carboxylic acids is 1. The van der Waals surface area contributed by atoms with Crippen LogP contribution in [0.5, 0.6) is 23.0 Å². The highest BCUT2D eigenvalue weighted by molar-refractivity contribution is 5.99. The fraction of sp³-hybridized carbons (Fsp3) is 0.395. The van der Waals surface area contributed by atoms with Gasteiger partial charge in [0.15, 0.2) is 11.5 Å². The number of aromatic nitrogens is 2. The van der Waals surface area contributed by atoms with E-state index in [-0.39, 0.29) is 19.8 Å². The minimum absolute atomic E-state index is 0.0592. The Bertz CT molecular complexity index is 2010. The van der Waals surface area contributed by atoms with Gasteiger partial charge >= 0.3 is 5.97 Å². The van der Waals surface area contributed by atoms with E-state index >= 15 is 0 Å². The summed E-state index contributed by atoms with van der Waals surface area (Å²) in [5, 5.41) is 13.7. The standard InChI is InChI=1S/C38H38N4O8/c1-47-24-10-11-26-29(17-24)40-30(28-12-8-22-6-2-3-7-27(22)39-28)19-33(26)50-25-18-31(35(43)41-38(37(45)46)14-4-5-15-38)42(20-25)36(44)23-9-13-32-34(16-23)49-21-48-32/h8-13,16-17,19,25,31H,2-7,14-15,18,20-21H2,1H3,(H,41,43)(H,45,46)/t25-,31+/m1/s1. The van der Waals surface area contributed by atoms with Crippen LogP contribution in [0.15, 0.2) is 54.6 Å². The van der Waals surface area contributed by atoms with E-state index in [4.69, 9.17) is 28.9 Å². The fourth-order valence-corrected chi connectivity index (χ4v) is 7.68. The van der Waals surface area contributed by atoms with Crippen molar-refractivity contribution in [3.05, 3.63) is 71.4 Å². The summed E-state index contributed by atoms with van der Waals surface area (Å²) < 4.78 is 23.1. The second-order valence-electron chi connectivity index (χ2n) is 13.5. The minimum Gasteiger partial charge on any atom is -0.497 e. The summed E-state index contributed by atoms with van der Waals surface area (Å²) in [4.78, 5) is 51.8. The Kier molecular flexibility index (Phi) is 8.16. The fourth-order valence-electron chi connectivity index (χ4n) is 7.68. The number of methoxy groups -OCH3 is 1. The number of rotatable bonds is 8. The van der Waals surface area contributed by atoms with Crippen molar-refractivity contribution in [3.63, 3.8) is 0 Å². The molecular weight excluding hydrogens is 640 g/mol. The van der Waals surface area contributed by atoms with Gasteiger partial charge in [-0.3, -0.25) is 14.6 Å². The van der Waals surface area contributed by atoms with E-state index in [1.165, 1.54) is 10.5 Å². The summed E-state index contributed by atoms with van der Waals surface area (Å²) in [7, 11) is 1.60. The van der Waals surface area contributed by atoms with Gasteiger partial charge in [-0.25, -0.2) is 9.78 Å². The van der Waals surface area contributed by atoms with Gasteiger partial charge in [0.1, 0.15) is 29.2 Å². The number of carbonyl (C=O) groups is 3. The number of carbonyl (C=O) groups excluding carboxylic acids is 2. The van der Waals surface area contributed by atoms with Gasteiger partial charge in [0.05, 0.1) is 30.6 Å². The number of hydrogen-bond acceptors (Lipinski definition) is 9. The van der Waals surface area contributed by atoms with Crippen LogP contribution in [0, 0.1) is 0 Å². The number of fused-ring (bicyclic) bond motifs is 3. The summed E-state index contributed by atoms with van der Waals surface area (Å²) in [6, 6.07) is 15.5. The lowest BCUT2D eigenvalue weighted by molar-refractivity contribution is -0.148. The molecule has 2 atom stereocenters. The average Bonchev–Trinajstić information content (AvgIpc) is 3.91. The first-order valence-electron chi connectivity index (χ1n) is 17.2. The second-order valence-corrected chi connectivity index (χ2v) is 13.5. The highest BCUT2D eigenvalue weighted by Gasteiger charge is 2.47. The molecule has 1 saturated heterocycles. The molecule has 8 rings (SSSR count). The highest BCUT2D eigenvalue weighted by atomic mass is 16.7. The van der Waals surface area contributed by atoms with Gasteiger partial charge in [0.25, 0.3) is 5.91 Å². The first-order chi connectivity index (χ1) is 24.3. The molecular formula is C38H38N4O8. The monoisotopic (exact) mass is 678 g/mol. The summed E-state index contributed by atoms with van der Waals surface area (Å²) in [5.74, 6) is 0.182. The number of ether oxygens (including phenoxy) is 4. The molecule has 2 aromatic carbocycles. The molecule has 12 heteroatoms. The number of pyridine rings is 2. The zero-order chi connectivity index (χ0) is 34.4. The Labute approximate surface area is 288 Å². The van der Waals surface area contributed by atoms with E-state index in [1.54, 1.807) is 25.3 Å². The van der Waals surface area contributed by atoms with Gasteiger partial charge in [0, 0.05) is 35.2 Å². The molecule has 50 heavy (non-hydrogen) atoms. The van der Waals surface area contributed by atoms with Crippen molar-refractivity contribution >= 4 is 28.7 Å². The maximum atomic E-state index is 14.1. The molecule has 2 aromatic heterocycles. The predicted molar refractivity (Wildman–Crippen MR) is 182 cm³/mol. The quantitative estimate of drug-likeness (QED) is 0.258. The van der Waals surface area contributed by atoms with Crippen molar-refractivity contribution in [1.29, 1.82) is 0 Å². The van der Waals surface area contributed by atoms with Gasteiger partial charge in [-0.05, 0) is 80.5 Å². The smallest absolute Gasteiger partial charge is 0.329 e. The van der Waals surface area contributed by atoms with Crippen molar-refractivity contribution in [3.8, 4) is 34.4 Å². The van der Waals surface area contributed by atoms with Gasteiger partial charge in [-0.15, -0.1) is 0 Å². The average molecular weight is 679 g/mol. The van der Waals surface area contributed by atoms with Crippen LogP contribution in [-0.2, 0) is 22.4 Å². The first-order valence-corrected chi connectivity index (χ1v) is 17.2. The van der Waals surface area contributed by atoms with Gasteiger partial charge in [-0.1, -0.05) is 18.9 Å². The molecule has 4 aromatic rings. The summed E-state index contributed by atoms with van der Waals surface area (Å²) in [6.07, 6.45) is 5.84. The van der Waals surface area contributed by atoms with E-state index in [2.05, 4.69) is 11.4 Å². The number of benzene rings is 2. The lowest BCUT2D eigenvalue weighted by Gasteiger charge is -2.30. The van der Waals surface area contributed by atoms with Crippen molar-refractivity contribution < 1.29 is 38.4 Å². The Morgan fingerprint density at radius 2 is 1.74 bits per heavy atom. The normalized spacial score (nSPS) is 20.4. The Hall–Kier alpha value is -5.39. The molecule has 2 fully saturated rings. The van der Waals surface area contributed by atoms with Crippen LogP contribution in [0.25, 0.3) is 22.3 Å². The Morgan fingerprint density at radius 3 is 2.56 bits per heavy atom. The zero-order valence-corrected chi connectivity index (χ0v) is 27.8. The molecule has 4 aliphatic rings. The third-order valence-corrected chi connectivity index (χ3v) is 10.4. The number of carboxylic acid groups (broad SMARTS) is 1. The van der Waals surface area contributed by atoms with Gasteiger partial charge < -0.3 is 34.3 Å². The molecule has 258 valence electrons. The third kappa shape index (κ3) is 5.82. The van der Waals surface area contributed by atoms with Crippen LogP contribution in [0.4, 0.5) is 0 Å². The van der Waals surface area contributed by atoms with Crippen LogP contribution in [-0.4, -0.2) is 75.9 Å². The molecule has 12 nitrogen and oxygen atoms in total. The van der Waals surface area contributed by atoms with E-state index in [9.17, 15) is 19.5 Å². The lowest BCUT2D eigenvalue weighted by Crippen LogP contribution is -2.57. The van der Waals surface area contributed by atoms with Gasteiger partial charge in [0.2, 0.25) is 12.7 Å². The molecule has 0 radical (unpaired) electrons. The van der Waals surface area contributed by atoms with Crippen molar-refractivity contribution in [2.75, 3.05) is 20.4 Å². The highest BCUT2D eigenvalue weighted by Crippen LogP contribution is 2.37. The number of nitrogens with zero attached hydrogens (tertiary/aromatic N) is 3. The number of amides is 2. The third-order valence-electron chi connectivity index (χ3n) is 10.4. The Balaban J connectivity index is 1.14. The predicted octanol–water partition coefficient (Wildman–Crippen LogP) is 5.09. The molecule has 0 bridgehead atoms. The van der Waals surface area contributed by atoms with E-state index in [0.717, 1.165) is 42.5 Å². The van der Waals surface area contributed by atoms with E-state index < -0.39 is 35.5 Å². The SMILES string of the molecule is COc1ccc2c(O[C@@H]3C[C@@H](C(=O)NC4(C(=O)O)CCCC4)N(C(=O)c4ccc5c(c4)OCO5)C3)cc(-c3ccc4c(n3)CCCC4)nc2c1. The number of aryl methyl sites for hydroxylation is 2. The maximum Gasteiger partial charge on any atom is 0.329 e. The minimum atomic E-state index is -1.36. The van der Waals surface area contributed by atoms with Crippen molar-refractivity contribution in [1.82, 2.24) is 20.2 Å².